The molecule has 1 heterocycles. The number of carbonyl (C=O) groups excluding carboxylic acids is 2. The summed E-state index contributed by atoms with van der Waals surface area (Å²) in [5.74, 6) is 0.542. The van der Waals surface area contributed by atoms with Gasteiger partial charge in [0, 0.05) is 17.8 Å². The molecule has 0 bridgehead atoms. The van der Waals surface area contributed by atoms with Gasteiger partial charge < -0.3 is 19.5 Å². The van der Waals surface area contributed by atoms with E-state index in [1.165, 1.54) is 14.2 Å². The summed E-state index contributed by atoms with van der Waals surface area (Å²) in [6.45, 7) is 0. The molecule has 4 rings (SSSR count). The molecular formula is C25H22N2O5. The summed E-state index contributed by atoms with van der Waals surface area (Å²) < 4.78 is 16.0. The third kappa shape index (κ3) is 3.76. The molecule has 0 saturated carbocycles. The molecule has 0 atom stereocenters. The molecule has 162 valence electrons. The molecule has 0 fully saturated rings. The first kappa shape index (κ1) is 21.0. The monoisotopic (exact) mass is 430 g/mol. The van der Waals surface area contributed by atoms with E-state index in [4.69, 9.17) is 14.2 Å². The van der Waals surface area contributed by atoms with Crippen LogP contribution in [0.15, 0.2) is 78.5 Å². The van der Waals surface area contributed by atoms with Gasteiger partial charge in [0.15, 0.2) is 0 Å². The van der Waals surface area contributed by atoms with Gasteiger partial charge in [-0.2, -0.15) is 0 Å². The minimum atomic E-state index is -0.497. The van der Waals surface area contributed by atoms with Gasteiger partial charge >= 0.3 is 0 Å². The summed E-state index contributed by atoms with van der Waals surface area (Å²) in [4.78, 5) is 28.3. The van der Waals surface area contributed by atoms with Gasteiger partial charge in [0.1, 0.15) is 22.9 Å². The first-order valence-electron chi connectivity index (χ1n) is 9.89. The van der Waals surface area contributed by atoms with Gasteiger partial charge in [0.05, 0.1) is 32.6 Å². The number of hydrogen-bond acceptors (Lipinski definition) is 6. The van der Waals surface area contributed by atoms with Crippen molar-refractivity contribution in [3.05, 3.63) is 84.1 Å². The van der Waals surface area contributed by atoms with E-state index < -0.39 is 11.8 Å². The van der Waals surface area contributed by atoms with Crippen molar-refractivity contribution in [3.63, 3.8) is 0 Å². The molecule has 0 unspecified atom stereocenters. The van der Waals surface area contributed by atoms with Crippen LogP contribution < -0.4 is 24.4 Å². The number of anilines is 2. The number of ether oxygens (including phenoxy) is 3. The number of nitrogens with one attached hydrogen (secondary N) is 1. The molecule has 0 saturated heterocycles. The first-order valence-corrected chi connectivity index (χ1v) is 9.89. The summed E-state index contributed by atoms with van der Waals surface area (Å²) in [7, 11) is 4.56. The molecule has 0 aromatic heterocycles. The fourth-order valence-electron chi connectivity index (χ4n) is 3.55. The topological polar surface area (TPSA) is 77.1 Å². The van der Waals surface area contributed by atoms with Crippen LogP contribution in [0.3, 0.4) is 0 Å². The van der Waals surface area contributed by atoms with E-state index in [1.807, 2.05) is 18.2 Å². The second-order valence-electron chi connectivity index (χ2n) is 6.96. The number of imide groups is 1. The van der Waals surface area contributed by atoms with Gasteiger partial charge in [0.2, 0.25) is 0 Å². The second kappa shape index (κ2) is 8.85. The number of benzene rings is 3. The lowest BCUT2D eigenvalue weighted by molar-refractivity contribution is -0.120. The fourth-order valence-corrected chi connectivity index (χ4v) is 3.55. The predicted octanol–water partition coefficient (Wildman–Crippen LogP) is 4.11. The Labute approximate surface area is 185 Å². The molecule has 0 radical (unpaired) electrons. The largest absolute Gasteiger partial charge is 0.497 e. The first-order chi connectivity index (χ1) is 15.6. The van der Waals surface area contributed by atoms with Gasteiger partial charge in [-0.1, -0.05) is 36.4 Å². The summed E-state index contributed by atoms with van der Waals surface area (Å²) in [6, 6.07) is 21.2. The van der Waals surface area contributed by atoms with Crippen molar-refractivity contribution in [2.75, 3.05) is 31.5 Å². The maximum Gasteiger partial charge on any atom is 0.282 e. The Hall–Kier alpha value is -4.26. The van der Waals surface area contributed by atoms with Gasteiger partial charge in [0.25, 0.3) is 11.8 Å². The average molecular weight is 430 g/mol. The van der Waals surface area contributed by atoms with E-state index in [9.17, 15) is 9.59 Å². The molecule has 1 N–H and O–H groups in total. The number of methoxy groups -OCH3 is 3. The molecule has 1 aliphatic rings. The van der Waals surface area contributed by atoms with Crippen LogP contribution in [0.1, 0.15) is 5.56 Å². The highest BCUT2D eigenvalue weighted by atomic mass is 16.5. The minimum absolute atomic E-state index is 0.166. The standard InChI is InChI=1S/C25H22N2O5/c1-30-18-11-7-10-17(14-18)26-23-22(16-8-5-4-6-9-16)24(28)27(25(23)29)20-15-19(31-2)12-13-21(20)32-3/h4-15,26H,1-3H3. The van der Waals surface area contributed by atoms with Crippen LogP contribution >= 0.6 is 0 Å². The zero-order valence-electron chi connectivity index (χ0n) is 17.9. The minimum Gasteiger partial charge on any atom is -0.497 e. The summed E-state index contributed by atoms with van der Waals surface area (Å²) in [5.41, 5.74) is 1.98. The fraction of sp³-hybridized carbons (Fsp3) is 0.120. The van der Waals surface area contributed by atoms with Crippen LogP contribution in [-0.2, 0) is 9.59 Å². The highest BCUT2D eigenvalue weighted by Gasteiger charge is 2.41. The third-order valence-electron chi connectivity index (χ3n) is 5.11. The maximum atomic E-state index is 13.6. The smallest absolute Gasteiger partial charge is 0.282 e. The van der Waals surface area contributed by atoms with Gasteiger partial charge in [-0.15, -0.1) is 0 Å². The lowest BCUT2D eigenvalue weighted by Crippen LogP contribution is -2.32. The van der Waals surface area contributed by atoms with Crippen molar-refractivity contribution in [3.8, 4) is 17.2 Å². The molecule has 0 aliphatic carbocycles. The van der Waals surface area contributed by atoms with Crippen molar-refractivity contribution < 1.29 is 23.8 Å². The number of carbonyl (C=O) groups is 2. The molecule has 3 aromatic carbocycles. The number of rotatable bonds is 7. The van der Waals surface area contributed by atoms with E-state index >= 15 is 0 Å². The molecule has 32 heavy (non-hydrogen) atoms. The molecule has 2 amide bonds. The lowest BCUT2D eigenvalue weighted by Gasteiger charge is -2.19. The van der Waals surface area contributed by atoms with Crippen molar-refractivity contribution in [1.29, 1.82) is 0 Å². The van der Waals surface area contributed by atoms with Crippen LogP contribution in [0.25, 0.3) is 5.57 Å². The molecule has 0 spiro atoms. The van der Waals surface area contributed by atoms with E-state index in [0.717, 1.165) is 4.90 Å². The number of amides is 2. The Balaban J connectivity index is 1.84. The Morgan fingerprint density at radius 2 is 1.44 bits per heavy atom. The van der Waals surface area contributed by atoms with Crippen LogP contribution in [0, 0.1) is 0 Å². The van der Waals surface area contributed by atoms with E-state index in [0.29, 0.717) is 34.2 Å². The maximum absolute atomic E-state index is 13.6. The van der Waals surface area contributed by atoms with Crippen molar-refractivity contribution in [2.45, 2.75) is 0 Å². The molecular weight excluding hydrogens is 408 g/mol. The van der Waals surface area contributed by atoms with Crippen molar-refractivity contribution in [1.82, 2.24) is 0 Å². The number of nitrogens with zero attached hydrogens (tertiary/aromatic N) is 1. The van der Waals surface area contributed by atoms with E-state index in [2.05, 4.69) is 5.32 Å². The van der Waals surface area contributed by atoms with Gasteiger partial charge in [-0.3, -0.25) is 9.59 Å². The van der Waals surface area contributed by atoms with Crippen LogP contribution in [-0.4, -0.2) is 33.1 Å². The molecule has 7 nitrogen and oxygen atoms in total. The van der Waals surface area contributed by atoms with Crippen molar-refractivity contribution in [2.24, 2.45) is 0 Å². The van der Waals surface area contributed by atoms with Crippen LogP contribution in [0.5, 0.6) is 17.2 Å². The van der Waals surface area contributed by atoms with Crippen molar-refractivity contribution >= 4 is 28.8 Å². The molecule has 3 aromatic rings. The Morgan fingerprint density at radius 3 is 2.12 bits per heavy atom. The van der Waals surface area contributed by atoms with Crippen LogP contribution in [0.4, 0.5) is 11.4 Å². The zero-order valence-corrected chi connectivity index (χ0v) is 17.9. The highest BCUT2D eigenvalue weighted by Crippen LogP contribution is 2.39. The predicted molar refractivity (Wildman–Crippen MR) is 122 cm³/mol. The normalized spacial score (nSPS) is 13.4. The van der Waals surface area contributed by atoms with E-state index in [-0.39, 0.29) is 11.3 Å². The summed E-state index contributed by atoms with van der Waals surface area (Å²) in [6.07, 6.45) is 0. The second-order valence-corrected chi connectivity index (χ2v) is 6.96. The summed E-state index contributed by atoms with van der Waals surface area (Å²) >= 11 is 0. The third-order valence-corrected chi connectivity index (χ3v) is 5.11. The van der Waals surface area contributed by atoms with Gasteiger partial charge in [-0.25, -0.2) is 4.90 Å². The summed E-state index contributed by atoms with van der Waals surface area (Å²) in [5, 5.41) is 3.13. The van der Waals surface area contributed by atoms with Gasteiger partial charge in [-0.05, 0) is 29.8 Å². The zero-order chi connectivity index (χ0) is 22.7. The lowest BCUT2D eigenvalue weighted by atomic mass is 10.0. The SMILES string of the molecule is COc1cccc(NC2=C(c3ccccc3)C(=O)N(c3cc(OC)ccc3OC)C2=O)c1. The average Bonchev–Trinajstić information content (AvgIpc) is 3.08. The Bertz CT molecular complexity index is 1200. The van der Waals surface area contributed by atoms with Crippen LogP contribution in [0.2, 0.25) is 0 Å². The quantitative estimate of drug-likeness (QED) is 0.569. The Kier molecular flexibility index (Phi) is 5.81. The molecule has 1 aliphatic heterocycles. The number of hydrogen-bond donors (Lipinski definition) is 1. The van der Waals surface area contributed by atoms with E-state index in [1.54, 1.807) is 61.7 Å². The Morgan fingerprint density at radius 1 is 0.719 bits per heavy atom. The highest BCUT2D eigenvalue weighted by molar-refractivity contribution is 6.46. The molecule has 7 heteroatoms.